The number of carboxylic acid groups (broad SMARTS) is 1. The molecule has 0 aromatic heterocycles. The van der Waals surface area contributed by atoms with E-state index in [1.165, 1.54) is 9.80 Å². The highest BCUT2D eigenvalue weighted by Crippen LogP contribution is 2.06. The second-order valence-corrected chi connectivity index (χ2v) is 4.77. The number of carbonyl (C=O) groups is 2. The molecule has 6 nitrogen and oxygen atoms in total. The van der Waals surface area contributed by atoms with E-state index in [9.17, 15) is 14.7 Å². The van der Waals surface area contributed by atoms with Crippen LogP contribution in [0.5, 0.6) is 0 Å². The van der Waals surface area contributed by atoms with E-state index >= 15 is 0 Å². The summed E-state index contributed by atoms with van der Waals surface area (Å²) in [5.74, 6) is -0.917. The third-order valence-electron chi connectivity index (χ3n) is 2.64. The van der Waals surface area contributed by atoms with Crippen molar-refractivity contribution in [3.63, 3.8) is 0 Å². The molecule has 0 aliphatic carbocycles. The van der Waals surface area contributed by atoms with Crippen LogP contribution in [0.3, 0.4) is 0 Å². The fourth-order valence-corrected chi connectivity index (χ4v) is 1.49. The van der Waals surface area contributed by atoms with Crippen LogP contribution in [0.25, 0.3) is 0 Å². The largest absolute Gasteiger partial charge is 0.481 e. The molecule has 0 spiro atoms. The summed E-state index contributed by atoms with van der Waals surface area (Å²) in [6, 6.07) is -0.252. The molecule has 0 rings (SSSR count). The van der Waals surface area contributed by atoms with Gasteiger partial charge in [0.25, 0.3) is 0 Å². The van der Waals surface area contributed by atoms with Gasteiger partial charge in [-0.2, -0.15) is 0 Å². The van der Waals surface area contributed by atoms with Crippen molar-refractivity contribution in [2.45, 2.75) is 45.8 Å². The molecule has 0 bridgehead atoms. The molecule has 0 heterocycles. The summed E-state index contributed by atoms with van der Waals surface area (Å²) in [6.45, 7) is 6.02. The smallest absolute Gasteiger partial charge is 0.319 e. The quantitative estimate of drug-likeness (QED) is 0.715. The number of aliphatic carboxylic acids is 1. The monoisotopic (exact) mass is 260 g/mol. The molecule has 0 fully saturated rings. The first-order valence-electron chi connectivity index (χ1n) is 6.17. The van der Waals surface area contributed by atoms with Gasteiger partial charge in [0, 0.05) is 26.2 Å². The van der Waals surface area contributed by atoms with Crippen molar-refractivity contribution < 1.29 is 19.8 Å². The number of amides is 2. The van der Waals surface area contributed by atoms with E-state index in [0.29, 0.717) is 13.0 Å². The highest BCUT2D eigenvalue weighted by molar-refractivity contribution is 5.75. The topological polar surface area (TPSA) is 81.1 Å². The SMILES string of the molecule is CC(O)CCN(C)C(=O)N(CCC(=O)O)C(C)C. The molecule has 0 radical (unpaired) electrons. The molecule has 0 saturated heterocycles. The lowest BCUT2D eigenvalue weighted by Crippen LogP contribution is -2.46. The summed E-state index contributed by atoms with van der Waals surface area (Å²) in [5, 5.41) is 17.8. The van der Waals surface area contributed by atoms with Crippen LogP contribution in [0.15, 0.2) is 0 Å². The van der Waals surface area contributed by atoms with Crippen molar-refractivity contribution in [2.24, 2.45) is 0 Å². The maximum atomic E-state index is 12.1. The molecule has 18 heavy (non-hydrogen) atoms. The summed E-state index contributed by atoms with van der Waals surface area (Å²) in [6.07, 6.45) is -0.00636. The van der Waals surface area contributed by atoms with Gasteiger partial charge in [0.1, 0.15) is 0 Å². The predicted molar refractivity (Wildman–Crippen MR) is 68.4 cm³/mol. The maximum Gasteiger partial charge on any atom is 0.319 e. The number of hydrogen-bond donors (Lipinski definition) is 2. The van der Waals surface area contributed by atoms with Gasteiger partial charge in [-0.1, -0.05) is 0 Å². The lowest BCUT2D eigenvalue weighted by Gasteiger charge is -2.31. The third-order valence-corrected chi connectivity index (χ3v) is 2.64. The van der Waals surface area contributed by atoms with E-state index in [0.717, 1.165) is 0 Å². The fourth-order valence-electron chi connectivity index (χ4n) is 1.49. The van der Waals surface area contributed by atoms with E-state index in [-0.39, 0.29) is 25.0 Å². The van der Waals surface area contributed by atoms with Gasteiger partial charge >= 0.3 is 12.0 Å². The van der Waals surface area contributed by atoms with Crippen LogP contribution in [0.1, 0.15) is 33.6 Å². The second-order valence-electron chi connectivity index (χ2n) is 4.77. The Bertz CT molecular complexity index is 279. The van der Waals surface area contributed by atoms with Gasteiger partial charge < -0.3 is 20.0 Å². The summed E-state index contributed by atoms with van der Waals surface area (Å²) >= 11 is 0. The Kier molecular flexibility index (Phi) is 7.35. The Morgan fingerprint density at radius 2 is 1.72 bits per heavy atom. The molecule has 0 saturated carbocycles. The average molecular weight is 260 g/mol. The first-order chi connectivity index (χ1) is 8.25. The Morgan fingerprint density at radius 3 is 2.11 bits per heavy atom. The Hall–Kier alpha value is -1.30. The summed E-state index contributed by atoms with van der Waals surface area (Å²) < 4.78 is 0. The zero-order chi connectivity index (χ0) is 14.3. The first kappa shape index (κ1) is 16.7. The third kappa shape index (κ3) is 6.44. The van der Waals surface area contributed by atoms with Crippen molar-refractivity contribution in [1.82, 2.24) is 9.80 Å². The Morgan fingerprint density at radius 1 is 1.17 bits per heavy atom. The number of rotatable bonds is 7. The van der Waals surface area contributed by atoms with E-state index in [2.05, 4.69) is 0 Å². The van der Waals surface area contributed by atoms with E-state index < -0.39 is 12.1 Å². The maximum absolute atomic E-state index is 12.1. The number of hydrogen-bond acceptors (Lipinski definition) is 3. The molecule has 0 aromatic carbocycles. The lowest BCUT2D eigenvalue weighted by atomic mass is 10.2. The van der Waals surface area contributed by atoms with E-state index in [1.807, 2.05) is 13.8 Å². The van der Waals surface area contributed by atoms with Gasteiger partial charge in [0.05, 0.1) is 12.5 Å². The molecule has 1 unspecified atom stereocenters. The number of aliphatic hydroxyl groups is 1. The first-order valence-corrected chi connectivity index (χ1v) is 6.17. The molecule has 106 valence electrons. The predicted octanol–water partition coefficient (Wildman–Crippen LogP) is 0.994. The van der Waals surface area contributed by atoms with Crippen molar-refractivity contribution in [3.05, 3.63) is 0 Å². The molecule has 0 aliphatic rings. The molecule has 0 aliphatic heterocycles. The fraction of sp³-hybridized carbons (Fsp3) is 0.833. The standard InChI is InChI=1S/C12H24N2O4/c1-9(2)14(8-6-11(16)17)12(18)13(4)7-5-10(3)15/h9-10,15H,5-8H2,1-4H3,(H,16,17). The second kappa shape index (κ2) is 7.92. The van der Waals surface area contributed by atoms with Gasteiger partial charge in [-0.05, 0) is 27.2 Å². The van der Waals surface area contributed by atoms with Crippen molar-refractivity contribution >= 4 is 12.0 Å². The van der Waals surface area contributed by atoms with Gasteiger partial charge in [0.15, 0.2) is 0 Å². The zero-order valence-corrected chi connectivity index (χ0v) is 11.6. The minimum absolute atomic E-state index is 0.0501. The summed E-state index contributed by atoms with van der Waals surface area (Å²) in [4.78, 5) is 25.7. The van der Waals surface area contributed by atoms with Gasteiger partial charge in [-0.3, -0.25) is 4.79 Å². The van der Waals surface area contributed by atoms with Crippen LogP contribution in [0.4, 0.5) is 4.79 Å². The van der Waals surface area contributed by atoms with Crippen LogP contribution < -0.4 is 0 Å². The van der Waals surface area contributed by atoms with Crippen LogP contribution >= 0.6 is 0 Å². The average Bonchev–Trinajstić information content (AvgIpc) is 2.24. The summed E-state index contributed by atoms with van der Waals surface area (Å²) in [7, 11) is 1.65. The number of carbonyl (C=O) groups excluding carboxylic acids is 1. The molecule has 2 N–H and O–H groups in total. The highest BCUT2D eigenvalue weighted by Gasteiger charge is 2.21. The van der Waals surface area contributed by atoms with Gasteiger partial charge in [-0.25, -0.2) is 4.79 Å². The van der Waals surface area contributed by atoms with Crippen LogP contribution in [-0.2, 0) is 4.79 Å². The number of nitrogens with zero attached hydrogens (tertiary/aromatic N) is 2. The molecular formula is C12H24N2O4. The molecule has 2 amide bonds. The van der Waals surface area contributed by atoms with E-state index in [4.69, 9.17) is 5.11 Å². The Labute approximate surface area is 108 Å². The van der Waals surface area contributed by atoms with Crippen molar-refractivity contribution in [1.29, 1.82) is 0 Å². The van der Waals surface area contributed by atoms with Gasteiger partial charge in [-0.15, -0.1) is 0 Å². The number of aliphatic hydroxyl groups excluding tert-OH is 1. The molecular weight excluding hydrogens is 236 g/mol. The Balaban J connectivity index is 4.40. The highest BCUT2D eigenvalue weighted by atomic mass is 16.4. The van der Waals surface area contributed by atoms with Crippen LogP contribution in [0, 0.1) is 0 Å². The van der Waals surface area contributed by atoms with E-state index in [1.54, 1.807) is 14.0 Å². The number of urea groups is 1. The summed E-state index contributed by atoms with van der Waals surface area (Å²) in [5.41, 5.74) is 0. The molecule has 6 heteroatoms. The number of carboxylic acids is 1. The van der Waals surface area contributed by atoms with Crippen molar-refractivity contribution in [2.75, 3.05) is 20.1 Å². The van der Waals surface area contributed by atoms with Crippen LogP contribution in [0.2, 0.25) is 0 Å². The minimum Gasteiger partial charge on any atom is -0.481 e. The van der Waals surface area contributed by atoms with Gasteiger partial charge in [0.2, 0.25) is 0 Å². The molecule has 1 atom stereocenters. The minimum atomic E-state index is -0.917. The normalized spacial score (nSPS) is 12.3. The lowest BCUT2D eigenvalue weighted by molar-refractivity contribution is -0.137. The zero-order valence-electron chi connectivity index (χ0n) is 11.6. The van der Waals surface area contributed by atoms with Crippen molar-refractivity contribution in [3.8, 4) is 0 Å². The van der Waals surface area contributed by atoms with Crippen LogP contribution in [-0.4, -0.2) is 64.3 Å². The molecule has 0 aromatic rings.